The number of hydrogen-bond donors (Lipinski definition) is 6. The van der Waals surface area contributed by atoms with E-state index in [-0.39, 0.29) is 13.0 Å². The molecule has 1 saturated carbocycles. The van der Waals surface area contributed by atoms with Crippen molar-refractivity contribution >= 4 is 13.8 Å². The number of aliphatic hydroxyl groups is 5. The van der Waals surface area contributed by atoms with Crippen molar-refractivity contribution in [2.45, 2.75) is 217 Å². The molecule has 0 aromatic rings. The van der Waals surface area contributed by atoms with Gasteiger partial charge in [-0.05, 0) is 38.5 Å². The molecule has 1 rings (SSSR count). The van der Waals surface area contributed by atoms with Crippen molar-refractivity contribution in [2.24, 2.45) is 0 Å². The summed E-state index contributed by atoms with van der Waals surface area (Å²) in [6.07, 6.45) is 23.9. The van der Waals surface area contributed by atoms with E-state index in [0.29, 0.717) is 13.0 Å². The number of allylic oxidation sites excluding steroid dienone is 4. The zero-order valence-electron chi connectivity index (χ0n) is 34.2. The Bertz CT molecular complexity index is 1010. The second-order valence-corrected chi connectivity index (χ2v) is 16.6. The van der Waals surface area contributed by atoms with Gasteiger partial charge in [-0.1, -0.05) is 154 Å². The summed E-state index contributed by atoms with van der Waals surface area (Å²) in [4.78, 5) is 23.1. The fourth-order valence-corrected chi connectivity index (χ4v) is 7.52. The Morgan fingerprint density at radius 3 is 1.58 bits per heavy atom. The van der Waals surface area contributed by atoms with Gasteiger partial charge in [-0.15, -0.1) is 0 Å². The molecule has 13 heteroatoms. The minimum atomic E-state index is -5.01. The summed E-state index contributed by atoms with van der Waals surface area (Å²) in [7, 11) is -5.01. The molecule has 324 valence electrons. The lowest BCUT2D eigenvalue weighted by molar-refractivity contribution is -0.220. The number of phosphoric ester groups is 1. The summed E-state index contributed by atoms with van der Waals surface area (Å²) in [5.74, 6) is -0.490. The summed E-state index contributed by atoms with van der Waals surface area (Å²) >= 11 is 0. The van der Waals surface area contributed by atoms with Gasteiger partial charge >= 0.3 is 13.8 Å². The lowest BCUT2D eigenvalue weighted by Crippen LogP contribution is -2.64. The van der Waals surface area contributed by atoms with Crippen molar-refractivity contribution in [3.8, 4) is 0 Å². The molecule has 1 aliphatic carbocycles. The first kappa shape index (κ1) is 51.8. The summed E-state index contributed by atoms with van der Waals surface area (Å²) in [6, 6.07) is 0. The number of rotatable bonds is 36. The van der Waals surface area contributed by atoms with Crippen LogP contribution >= 0.6 is 7.82 Å². The molecular formula is C42H79O12P. The van der Waals surface area contributed by atoms with E-state index >= 15 is 0 Å². The fraction of sp³-hybridized carbons (Fsp3) is 0.881. The number of ether oxygens (including phenoxy) is 2. The Morgan fingerprint density at radius 1 is 0.582 bits per heavy atom. The van der Waals surface area contributed by atoms with Crippen LogP contribution in [0.4, 0.5) is 0 Å². The van der Waals surface area contributed by atoms with Crippen molar-refractivity contribution in [3.05, 3.63) is 24.3 Å². The Hall–Kier alpha value is -1.18. The van der Waals surface area contributed by atoms with Gasteiger partial charge in [0.05, 0.1) is 13.2 Å². The molecule has 6 atom stereocenters. The standard InChI is InChI=1S/C42H79O12P/c1-3-5-7-9-11-13-15-17-19-21-23-25-27-29-31-36(43)53-35(33-51-32-30-28-26-24-22-20-18-16-14-12-10-8-6-4-2)34-52-55(49,50)54-42-40(47)38(45)37(44)39(46)41(42)48/h9,11,15,17,35,37-42,44-48H,3-8,10,12-14,16,18-34H2,1-2H3,(H,49,50)/b11-9-,17-15-. The first-order chi connectivity index (χ1) is 26.5. The van der Waals surface area contributed by atoms with Crippen LogP contribution in [0.25, 0.3) is 0 Å². The van der Waals surface area contributed by atoms with Gasteiger partial charge in [0.15, 0.2) is 0 Å². The van der Waals surface area contributed by atoms with Crippen molar-refractivity contribution in [2.75, 3.05) is 19.8 Å². The molecular weight excluding hydrogens is 727 g/mol. The van der Waals surface area contributed by atoms with Gasteiger partial charge in [0, 0.05) is 13.0 Å². The average Bonchev–Trinajstić information content (AvgIpc) is 3.17. The summed E-state index contributed by atoms with van der Waals surface area (Å²) < 4.78 is 34.1. The zero-order chi connectivity index (χ0) is 40.6. The molecule has 0 spiro atoms. The second-order valence-electron chi connectivity index (χ2n) is 15.2. The van der Waals surface area contributed by atoms with Crippen LogP contribution in [-0.4, -0.2) is 98.9 Å². The predicted octanol–water partition coefficient (Wildman–Crippen LogP) is 8.14. The maximum atomic E-state index is 12.8. The Kier molecular flexibility index (Phi) is 31.8. The maximum absolute atomic E-state index is 12.8. The molecule has 0 bridgehead atoms. The van der Waals surface area contributed by atoms with Crippen LogP contribution < -0.4 is 0 Å². The van der Waals surface area contributed by atoms with Crippen molar-refractivity contribution in [1.29, 1.82) is 0 Å². The highest BCUT2D eigenvalue weighted by atomic mass is 31.2. The Labute approximate surface area is 332 Å². The predicted molar refractivity (Wildman–Crippen MR) is 216 cm³/mol. The second kappa shape index (κ2) is 33.8. The summed E-state index contributed by atoms with van der Waals surface area (Å²) in [5.41, 5.74) is 0. The molecule has 6 N–H and O–H groups in total. The van der Waals surface area contributed by atoms with Gasteiger partial charge in [-0.2, -0.15) is 0 Å². The summed E-state index contributed by atoms with van der Waals surface area (Å²) in [6.45, 7) is 4.20. The number of carbonyl (C=O) groups excluding carboxylic acids is 1. The van der Waals surface area contributed by atoms with Gasteiger partial charge in [-0.3, -0.25) is 13.8 Å². The van der Waals surface area contributed by atoms with Crippen LogP contribution in [0.2, 0.25) is 0 Å². The maximum Gasteiger partial charge on any atom is 0.472 e. The van der Waals surface area contributed by atoms with Gasteiger partial charge in [0.2, 0.25) is 0 Å². The molecule has 12 nitrogen and oxygen atoms in total. The van der Waals surface area contributed by atoms with Gasteiger partial charge < -0.3 is 39.9 Å². The van der Waals surface area contributed by atoms with E-state index in [4.69, 9.17) is 18.5 Å². The lowest BCUT2D eigenvalue weighted by Gasteiger charge is -2.41. The van der Waals surface area contributed by atoms with E-state index in [1.807, 2.05) is 0 Å². The lowest BCUT2D eigenvalue weighted by atomic mass is 9.85. The third-order valence-corrected chi connectivity index (χ3v) is 11.1. The Morgan fingerprint density at radius 2 is 1.04 bits per heavy atom. The Balaban J connectivity index is 2.44. The fourth-order valence-electron chi connectivity index (χ4n) is 6.55. The third kappa shape index (κ3) is 26.4. The number of hydrogen-bond acceptors (Lipinski definition) is 11. The third-order valence-electron chi connectivity index (χ3n) is 10.1. The molecule has 0 saturated heterocycles. The number of esters is 1. The van der Waals surface area contributed by atoms with E-state index in [2.05, 4.69) is 38.2 Å². The number of unbranched alkanes of at least 4 members (excludes halogenated alkanes) is 20. The number of carbonyl (C=O) groups is 1. The average molecular weight is 807 g/mol. The van der Waals surface area contributed by atoms with Crippen molar-refractivity contribution < 1.29 is 58.3 Å². The highest BCUT2D eigenvalue weighted by Crippen LogP contribution is 2.47. The molecule has 6 unspecified atom stereocenters. The van der Waals surface area contributed by atoms with E-state index < -0.39 is 63.1 Å². The van der Waals surface area contributed by atoms with Crippen molar-refractivity contribution in [1.82, 2.24) is 0 Å². The van der Waals surface area contributed by atoms with E-state index in [1.165, 1.54) is 83.5 Å². The smallest absolute Gasteiger partial charge is 0.457 e. The minimum Gasteiger partial charge on any atom is -0.457 e. The van der Waals surface area contributed by atoms with E-state index in [1.54, 1.807) is 0 Å². The summed E-state index contributed by atoms with van der Waals surface area (Å²) in [5, 5.41) is 50.1. The monoisotopic (exact) mass is 807 g/mol. The highest BCUT2D eigenvalue weighted by molar-refractivity contribution is 7.47. The van der Waals surface area contributed by atoms with Crippen LogP contribution in [-0.2, 0) is 27.9 Å². The van der Waals surface area contributed by atoms with Crippen LogP contribution in [0.5, 0.6) is 0 Å². The topological polar surface area (TPSA) is 192 Å². The molecule has 0 radical (unpaired) electrons. The van der Waals surface area contributed by atoms with E-state index in [0.717, 1.165) is 64.2 Å². The number of aliphatic hydroxyl groups excluding tert-OH is 5. The molecule has 1 fully saturated rings. The SMILES string of the molecule is CCCC/C=C\C/C=C\CCCCCCCC(=O)OC(COCCCCCCCCCCCCCCCC)COP(=O)(O)OC1C(O)C(O)C(O)C(O)C1O. The molecule has 0 heterocycles. The van der Waals surface area contributed by atoms with Gasteiger partial charge in [-0.25, -0.2) is 4.57 Å². The zero-order valence-corrected chi connectivity index (χ0v) is 35.1. The van der Waals surface area contributed by atoms with E-state index in [9.17, 15) is 39.8 Å². The van der Waals surface area contributed by atoms with Crippen LogP contribution in [0, 0.1) is 0 Å². The normalized spacial score (nSPS) is 23.4. The van der Waals surface area contributed by atoms with Gasteiger partial charge in [0.25, 0.3) is 0 Å². The number of phosphoric acid groups is 1. The highest BCUT2D eigenvalue weighted by Gasteiger charge is 2.51. The molecule has 0 aliphatic heterocycles. The van der Waals surface area contributed by atoms with Crippen LogP contribution in [0.15, 0.2) is 24.3 Å². The molecule has 55 heavy (non-hydrogen) atoms. The van der Waals surface area contributed by atoms with Crippen LogP contribution in [0.3, 0.4) is 0 Å². The quantitative estimate of drug-likeness (QED) is 0.0154. The van der Waals surface area contributed by atoms with Gasteiger partial charge in [0.1, 0.15) is 42.7 Å². The first-order valence-corrected chi connectivity index (χ1v) is 23.2. The molecule has 0 amide bonds. The minimum absolute atomic E-state index is 0.0788. The molecule has 1 aliphatic rings. The van der Waals surface area contributed by atoms with Crippen molar-refractivity contribution in [3.63, 3.8) is 0 Å². The largest absolute Gasteiger partial charge is 0.472 e. The molecule has 0 aromatic heterocycles. The van der Waals surface area contributed by atoms with Crippen LogP contribution in [0.1, 0.15) is 174 Å². The first-order valence-electron chi connectivity index (χ1n) is 21.7. The molecule has 0 aromatic carbocycles.